The molecule has 7 heteroatoms. The normalized spacial score (nSPS) is 11.3. The number of carbonyl (C=O) groups excluding carboxylic acids is 1. The van der Waals surface area contributed by atoms with E-state index in [2.05, 4.69) is 10.3 Å². The van der Waals surface area contributed by atoms with Crippen molar-refractivity contribution in [1.82, 2.24) is 4.98 Å². The minimum Gasteiger partial charge on any atom is -0.302 e. The lowest BCUT2D eigenvalue weighted by atomic mass is 10.6. The molecule has 0 fully saturated rings. The summed E-state index contributed by atoms with van der Waals surface area (Å²) < 4.78 is 22.6. The second kappa shape index (κ2) is 4.71. The minimum absolute atomic E-state index is 0.0699. The summed E-state index contributed by atoms with van der Waals surface area (Å²) in [5.74, 6) is -0.186. The van der Waals surface area contributed by atoms with Gasteiger partial charge in [-0.05, 0) is 0 Å². The number of aromatic nitrogens is 1. The molecule has 1 aromatic heterocycles. The number of hydrogen-bond donors (Lipinski definition) is 1. The Bertz CT molecular complexity index is 450. The number of hydrogen-bond acceptors (Lipinski definition) is 5. The van der Waals surface area contributed by atoms with E-state index in [4.69, 9.17) is 0 Å². The Morgan fingerprint density at radius 3 is 2.80 bits per heavy atom. The van der Waals surface area contributed by atoms with Gasteiger partial charge >= 0.3 is 0 Å². The van der Waals surface area contributed by atoms with Crippen molar-refractivity contribution in [3.8, 4) is 0 Å². The summed E-state index contributed by atoms with van der Waals surface area (Å²) in [6, 6.07) is 0. The second-order valence-corrected chi connectivity index (χ2v) is 6.21. The summed E-state index contributed by atoms with van der Waals surface area (Å²) >= 11 is 1.22. The van der Waals surface area contributed by atoms with Crippen molar-refractivity contribution in [1.29, 1.82) is 0 Å². The smallest absolute Gasteiger partial charge is 0.223 e. The fourth-order valence-electron chi connectivity index (χ4n) is 0.909. The molecular weight excluding hydrogens is 236 g/mol. The van der Waals surface area contributed by atoms with Gasteiger partial charge in [0.25, 0.3) is 0 Å². The summed E-state index contributed by atoms with van der Waals surface area (Å²) in [5, 5.41) is 4.57. The molecular formula is C8H12N2O3S2. The van der Waals surface area contributed by atoms with Gasteiger partial charge in [0.2, 0.25) is 5.91 Å². The van der Waals surface area contributed by atoms with E-state index >= 15 is 0 Å². The van der Waals surface area contributed by atoms with Gasteiger partial charge in [0.1, 0.15) is 0 Å². The molecule has 0 saturated carbocycles. The van der Waals surface area contributed by atoms with Crippen molar-refractivity contribution in [3.05, 3.63) is 11.1 Å². The minimum atomic E-state index is -3.06. The summed E-state index contributed by atoms with van der Waals surface area (Å²) in [7, 11) is -3.06. The van der Waals surface area contributed by atoms with E-state index < -0.39 is 9.84 Å². The number of nitrogens with zero attached hydrogens (tertiary/aromatic N) is 1. The van der Waals surface area contributed by atoms with E-state index in [0.29, 0.717) is 10.8 Å². The van der Waals surface area contributed by atoms with Gasteiger partial charge in [-0.1, -0.05) is 6.92 Å². The highest BCUT2D eigenvalue weighted by Gasteiger charge is 2.12. The third-order valence-corrected chi connectivity index (χ3v) is 4.06. The van der Waals surface area contributed by atoms with Crippen LogP contribution in [0.1, 0.15) is 19.5 Å². The number of rotatable bonds is 4. The van der Waals surface area contributed by atoms with Crippen LogP contribution in [0.4, 0.5) is 5.13 Å². The molecule has 1 heterocycles. The highest BCUT2D eigenvalue weighted by molar-refractivity contribution is 7.90. The third-order valence-electron chi connectivity index (χ3n) is 1.64. The number of thiazole rings is 1. The number of sulfone groups is 1. The van der Waals surface area contributed by atoms with Crippen LogP contribution >= 0.6 is 11.3 Å². The molecule has 0 radical (unpaired) electrons. The average molecular weight is 248 g/mol. The van der Waals surface area contributed by atoms with E-state index in [-0.39, 0.29) is 17.4 Å². The van der Waals surface area contributed by atoms with Gasteiger partial charge in [0.05, 0.1) is 11.4 Å². The lowest BCUT2D eigenvalue weighted by Gasteiger charge is -1.96. The first kappa shape index (κ1) is 12.1. The monoisotopic (exact) mass is 248 g/mol. The molecule has 0 unspecified atom stereocenters. The molecule has 0 aliphatic rings. The molecule has 5 nitrogen and oxygen atoms in total. The Labute approximate surface area is 92.5 Å². The molecule has 15 heavy (non-hydrogen) atoms. The number of nitrogens with one attached hydrogen (secondary N) is 1. The molecule has 0 aromatic carbocycles. The molecule has 1 N–H and O–H groups in total. The van der Waals surface area contributed by atoms with Gasteiger partial charge in [-0.25, -0.2) is 13.4 Å². The topological polar surface area (TPSA) is 76.1 Å². The summed E-state index contributed by atoms with van der Waals surface area (Å²) in [6.45, 7) is 2.97. The van der Waals surface area contributed by atoms with Gasteiger partial charge in [0, 0.05) is 18.1 Å². The molecule has 1 rings (SSSR count). The Morgan fingerprint density at radius 1 is 1.60 bits per heavy atom. The first-order chi connectivity index (χ1) is 6.93. The van der Waals surface area contributed by atoms with Crippen LogP contribution < -0.4 is 5.32 Å². The van der Waals surface area contributed by atoms with Crippen LogP contribution in [0.2, 0.25) is 0 Å². The first-order valence-corrected chi connectivity index (χ1v) is 7.05. The highest BCUT2D eigenvalue weighted by atomic mass is 32.2. The quantitative estimate of drug-likeness (QED) is 0.863. The van der Waals surface area contributed by atoms with Crippen molar-refractivity contribution >= 4 is 32.2 Å². The van der Waals surface area contributed by atoms with Crippen LogP contribution in [0.3, 0.4) is 0 Å². The van der Waals surface area contributed by atoms with E-state index in [1.807, 2.05) is 0 Å². The molecule has 0 spiro atoms. The third kappa shape index (κ3) is 3.96. The Morgan fingerprint density at radius 2 is 2.27 bits per heavy atom. The maximum Gasteiger partial charge on any atom is 0.223 e. The molecule has 1 amide bonds. The van der Waals surface area contributed by atoms with E-state index in [1.165, 1.54) is 18.3 Å². The van der Waals surface area contributed by atoms with Gasteiger partial charge < -0.3 is 5.32 Å². The first-order valence-electron chi connectivity index (χ1n) is 4.35. The number of anilines is 1. The largest absolute Gasteiger partial charge is 0.302 e. The van der Waals surface area contributed by atoms with Gasteiger partial charge in [-0.15, -0.1) is 11.3 Å². The van der Waals surface area contributed by atoms with Gasteiger partial charge in [-0.2, -0.15) is 0 Å². The predicted octanol–water partition coefficient (Wildman–Crippen LogP) is 1.04. The zero-order valence-electron chi connectivity index (χ0n) is 8.48. The molecule has 0 saturated heterocycles. The van der Waals surface area contributed by atoms with Crippen LogP contribution in [0.15, 0.2) is 5.38 Å². The zero-order valence-corrected chi connectivity index (χ0v) is 10.1. The van der Waals surface area contributed by atoms with Crippen molar-refractivity contribution in [2.24, 2.45) is 0 Å². The standard InChI is InChI=1S/C8H12N2O3S2/c1-3-15(12,13)5-7-4-14-8(10-7)9-6(2)11/h4H,3,5H2,1-2H3,(H,9,10,11). The summed E-state index contributed by atoms with van der Waals surface area (Å²) in [4.78, 5) is 14.7. The molecule has 0 aliphatic carbocycles. The fraction of sp³-hybridized carbons (Fsp3) is 0.500. The highest BCUT2D eigenvalue weighted by Crippen LogP contribution is 2.17. The van der Waals surface area contributed by atoms with E-state index in [0.717, 1.165) is 0 Å². The second-order valence-electron chi connectivity index (χ2n) is 3.00. The van der Waals surface area contributed by atoms with Gasteiger partial charge in [0.15, 0.2) is 15.0 Å². The number of amides is 1. The van der Waals surface area contributed by atoms with Crippen LogP contribution in [0.5, 0.6) is 0 Å². The Hall–Kier alpha value is -0.950. The zero-order chi connectivity index (χ0) is 11.5. The van der Waals surface area contributed by atoms with Gasteiger partial charge in [-0.3, -0.25) is 4.79 Å². The molecule has 0 atom stereocenters. The SMILES string of the molecule is CCS(=O)(=O)Cc1csc(NC(C)=O)n1. The van der Waals surface area contributed by atoms with Crippen molar-refractivity contribution < 1.29 is 13.2 Å². The Kier molecular flexibility index (Phi) is 3.81. The maximum atomic E-state index is 11.3. The van der Waals surface area contributed by atoms with Crippen molar-refractivity contribution in [2.45, 2.75) is 19.6 Å². The van der Waals surface area contributed by atoms with Crippen LogP contribution in [0, 0.1) is 0 Å². The van der Waals surface area contributed by atoms with Crippen LogP contribution in [-0.2, 0) is 20.4 Å². The molecule has 1 aromatic rings. The van der Waals surface area contributed by atoms with Crippen LogP contribution in [0.25, 0.3) is 0 Å². The van der Waals surface area contributed by atoms with E-state index in [1.54, 1.807) is 12.3 Å². The van der Waals surface area contributed by atoms with Crippen LogP contribution in [-0.4, -0.2) is 25.1 Å². The number of carbonyl (C=O) groups is 1. The lowest BCUT2D eigenvalue weighted by molar-refractivity contribution is -0.114. The molecule has 0 aliphatic heterocycles. The average Bonchev–Trinajstić information content (AvgIpc) is 2.50. The molecule has 84 valence electrons. The summed E-state index contributed by atoms with van der Waals surface area (Å²) in [6.07, 6.45) is 0. The summed E-state index contributed by atoms with van der Waals surface area (Å²) in [5.41, 5.74) is 0.477. The molecule has 0 bridgehead atoms. The van der Waals surface area contributed by atoms with Crippen molar-refractivity contribution in [3.63, 3.8) is 0 Å². The van der Waals surface area contributed by atoms with Crippen molar-refractivity contribution in [2.75, 3.05) is 11.1 Å². The maximum absolute atomic E-state index is 11.3. The Balaban J connectivity index is 2.73. The predicted molar refractivity (Wildman–Crippen MR) is 59.6 cm³/mol. The van der Waals surface area contributed by atoms with E-state index in [9.17, 15) is 13.2 Å². The lowest BCUT2D eigenvalue weighted by Crippen LogP contribution is -2.08. The fourth-order valence-corrected chi connectivity index (χ4v) is 2.57.